The molecule has 0 atom stereocenters. The van der Waals surface area contributed by atoms with Gasteiger partial charge in [0.05, 0.1) is 10.2 Å². The van der Waals surface area contributed by atoms with Crippen molar-refractivity contribution in [2.45, 2.75) is 0 Å². The standard InChI is InChI=1S/C12H8N2OS2/c15-12-13-7-8(16-12)5-6-11-14-9-3-1-2-4-10(9)17-11/h1-7H,(H,13,15)/b6-5+. The number of hydrogen-bond acceptors (Lipinski definition) is 4. The van der Waals surface area contributed by atoms with Gasteiger partial charge in [-0.1, -0.05) is 23.5 Å². The van der Waals surface area contributed by atoms with Crippen molar-refractivity contribution in [2.75, 3.05) is 0 Å². The quantitative estimate of drug-likeness (QED) is 0.769. The largest absolute Gasteiger partial charge is 0.319 e. The number of nitrogens with one attached hydrogen (secondary N) is 1. The monoisotopic (exact) mass is 260 g/mol. The van der Waals surface area contributed by atoms with Gasteiger partial charge in [0.2, 0.25) is 0 Å². The second kappa shape index (κ2) is 4.27. The maximum Gasteiger partial charge on any atom is 0.305 e. The molecule has 2 aromatic heterocycles. The van der Waals surface area contributed by atoms with Crippen molar-refractivity contribution >= 4 is 45.0 Å². The molecule has 0 spiro atoms. The number of para-hydroxylation sites is 1. The molecule has 1 N–H and O–H groups in total. The highest BCUT2D eigenvalue weighted by Crippen LogP contribution is 2.23. The van der Waals surface area contributed by atoms with Gasteiger partial charge in [-0.05, 0) is 24.3 Å². The normalized spacial score (nSPS) is 11.5. The van der Waals surface area contributed by atoms with Crippen LogP contribution < -0.4 is 4.87 Å². The van der Waals surface area contributed by atoms with E-state index in [4.69, 9.17) is 0 Å². The molecule has 84 valence electrons. The van der Waals surface area contributed by atoms with E-state index < -0.39 is 0 Å². The number of benzene rings is 1. The number of H-pyrrole nitrogens is 1. The second-order valence-corrected chi connectivity index (χ2v) is 5.54. The van der Waals surface area contributed by atoms with Crippen LogP contribution in [0.25, 0.3) is 22.4 Å². The first kappa shape index (κ1) is 10.4. The molecule has 0 saturated carbocycles. The third kappa shape index (κ3) is 2.20. The van der Waals surface area contributed by atoms with Gasteiger partial charge in [-0.15, -0.1) is 11.3 Å². The fraction of sp³-hybridized carbons (Fsp3) is 0. The SMILES string of the molecule is O=c1[nH]cc(/C=C/c2nc3ccccc3s2)s1. The maximum atomic E-state index is 11.0. The number of fused-ring (bicyclic) bond motifs is 1. The molecule has 0 bridgehead atoms. The zero-order valence-electron chi connectivity index (χ0n) is 8.71. The number of hydrogen-bond donors (Lipinski definition) is 1. The Balaban J connectivity index is 1.94. The van der Waals surface area contributed by atoms with Gasteiger partial charge in [-0.2, -0.15) is 0 Å². The van der Waals surface area contributed by atoms with E-state index in [2.05, 4.69) is 16.0 Å². The Labute approximate surface area is 105 Å². The van der Waals surface area contributed by atoms with Gasteiger partial charge in [-0.3, -0.25) is 4.79 Å². The Morgan fingerprint density at radius 2 is 2.06 bits per heavy atom. The van der Waals surface area contributed by atoms with Gasteiger partial charge in [0.15, 0.2) is 0 Å². The Kier molecular flexibility index (Phi) is 2.62. The van der Waals surface area contributed by atoms with E-state index in [0.717, 1.165) is 15.4 Å². The zero-order chi connectivity index (χ0) is 11.7. The summed E-state index contributed by atoms with van der Waals surface area (Å²) in [5.74, 6) is 0. The van der Waals surface area contributed by atoms with Crippen molar-refractivity contribution in [1.82, 2.24) is 9.97 Å². The van der Waals surface area contributed by atoms with E-state index in [0.29, 0.717) is 0 Å². The lowest BCUT2D eigenvalue weighted by atomic mass is 10.3. The van der Waals surface area contributed by atoms with Gasteiger partial charge in [0.25, 0.3) is 0 Å². The molecule has 5 heteroatoms. The van der Waals surface area contributed by atoms with Gasteiger partial charge >= 0.3 is 4.87 Å². The van der Waals surface area contributed by atoms with Crippen molar-refractivity contribution in [3.8, 4) is 0 Å². The summed E-state index contributed by atoms with van der Waals surface area (Å²) >= 11 is 2.83. The molecule has 0 aliphatic heterocycles. The Hall–Kier alpha value is -1.72. The minimum atomic E-state index is -0.0334. The van der Waals surface area contributed by atoms with Crippen LogP contribution in [-0.4, -0.2) is 9.97 Å². The lowest BCUT2D eigenvalue weighted by Gasteiger charge is -1.81. The van der Waals surface area contributed by atoms with Crippen LogP contribution in [0, 0.1) is 0 Å². The molecule has 0 radical (unpaired) electrons. The molecule has 0 saturated heterocycles. The van der Waals surface area contributed by atoms with Crippen LogP contribution in [0.4, 0.5) is 0 Å². The number of aromatic nitrogens is 2. The topological polar surface area (TPSA) is 45.8 Å². The van der Waals surface area contributed by atoms with Gasteiger partial charge < -0.3 is 4.98 Å². The summed E-state index contributed by atoms with van der Waals surface area (Å²) in [6.45, 7) is 0. The van der Waals surface area contributed by atoms with Crippen molar-refractivity contribution in [3.63, 3.8) is 0 Å². The number of aromatic amines is 1. The molecular weight excluding hydrogens is 252 g/mol. The molecule has 3 nitrogen and oxygen atoms in total. The minimum absolute atomic E-state index is 0.0334. The Morgan fingerprint density at radius 1 is 1.18 bits per heavy atom. The highest BCUT2D eigenvalue weighted by Gasteiger charge is 1.99. The lowest BCUT2D eigenvalue weighted by Crippen LogP contribution is -1.88. The average Bonchev–Trinajstić information content (AvgIpc) is 2.91. The first-order chi connectivity index (χ1) is 8.31. The van der Waals surface area contributed by atoms with Crippen LogP contribution in [-0.2, 0) is 0 Å². The van der Waals surface area contributed by atoms with Crippen molar-refractivity contribution in [3.05, 3.63) is 50.0 Å². The number of thiazole rings is 2. The van der Waals surface area contributed by atoms with Crippen LogP contribution in [0.3, 0.4) is 0 Å². The lowest BCUT2D eigenvalue weighted by molar-refractivity contribution is 1.34. The van der Waals surface area contributed by atoms with Crippen molar-refractivity contribution < 1.29 is 0 Å². The molecule has 3 rings (SSSR count). The third-order valence-electron chi connectivity index (χ3n) is 2.24. The number of nitrogens with zero attached hydrogens (tertiary/aromatic N) is 1. The molecule has 17 heavy (non-hydrogen) atoms. The molecule has 1 aromatic carbocycles. The highest BCUT2D eigenvalue weighted by molar-refractivity contribution is 7.19. The van der Waals surface area contributed by atoms with E-state index in [9.17, 15) is 4.79 Å². The summed E-state index contributed by atoms with van der Waals surface area (Å²) in [5.41, 5.74) is 1.01. The molecule has 2 heterocycles. The fourth-order valence-corrected chi connectivity index (χ4v) is 2.95. The van der Waals surface area contributed by atoms with Gasteiger partial charge in [0.1, 0.15) is 5.01 Å². The van der Waals surface area contributed by atoms with Crippen LogP contribution >= 0.6 is 22.7 Å². The molecule has 0 aliphatic carbocycles. The van der Waals surface area contributed by atoms with Crippen molar-refractivity contribution in [2.24, 2.45) is 0 Å². The van der Waals surface area contributed by atoms with E-state index >= 15 is 0 Å². The first-order valence-corrected chi connectivity index (χ1v) is 6.67. The van der Waals surface area contributed by atoms with Gasteiger partial charge in [0, 0.05) is 11.1 Å². The molecule has 0 fully saturated rings. The molecule has 0 aliphatic rings. The van der Waals surface area contributed by atoms with Crippen LogP contribution in [0.15, 0.2) is 35.3 Å². The minimum Gasteiger partial charge on any atom is -0.319 e. The van der Waals surface area contributed by atoms with Gasteiger partial charge in [-0.25, -0.2) is 4.98 Å². The summed E-state index contributed by atoms with van der Waals surface area (Å²) in [4.78, 5) is 18.9. The maximum absolute atomic E-state index is 11.0. The van der Waals surface area contributed by atoms with Crippen LogP contribution in [0.5, 0.6) is 0 Å². The molecule has 0 amide bonds. The second-order valence-electron chi connectivity index (χ2n) is 3.43. The average molecular weight is 260 g/mol. The van der Waals surface area contributed by atoms with Crippen LogP contribution in [0.2, 0.25) is 0 Å². The molecule has 3 aromatic rings. The summed E-state index contributed by atoms with van der Waals surface area (Å²) in [7, 11) is 0. The van der Waals surface area contributed by atoms with Crippen molar-refractivity contribution in [1.29, 1.82) is 0 Å². The molecule has 0 unspecified atom stereocenters. The highest BCUT2D eigenvalue weighted by atomic mass is 32.1. The van der Waals surface area contributed by atoms with Crippen LogP contribution in [0.1, 0.15) is 9.88 Å². The van der Waals surface area contributed by atoms with E-state index in [-0.39, 0.29) is 4.87 Å². The fourth-order valence-electron chi connectivity index (χ4n) is 1.49. The third-order valence-corrected chi connectivity index (χ3v) is 4.04. The Morgan fingerprint density at radius 3 is 2.82 bits per heavy atom. The summed E-state index contributed by atoms with van der Waals surface area (Å²) in [6.07, 6.45) is 5.54. The van der Waals surface area contributed by atoms with E-state index in [1.165, 1.54) is 16.0 Å². The first-order valence-electron chi connectivity index (χ1n) is 5.03. The number of rotatable bonds is 2. The summed E-state index contributed by atoms with van der Waals surface area (Å²) in [6, 6.07) is 8.04. The zero-order valence-corrected chi connectivity index (χ0v) is 10.3. The Bertz CT molecular complexity index is 703. The predicted molar refractivity (Wildman–Crippen MR) is 73.5 cm³/mol. The summed E-state index contributed by atoms with van der Waals surface area (Å²) in [5, 5.41) is 0.951. The van der Waals surface area contributed by atoms with E-state index in [1.54, 1.807) is 17.5 Å². The smallest absolute Gasteiger partial charge is 0.305 e. The predicted octanol–water partition coefficient (Wildman–Crippen LogP) is 3.22. The van der Waals surface area contributed by atoms with E-state index in [1.807, 2.05) is 30.4 Å². The molecular formula is C12H8N2OS2. The summed E-state index contributed by atoms with van der Waals surface area (Å²) < 4.78 is 1.18.